The maximum absolute atomic E-state index is 10.1. The van der Waals surface area contributed by atoms with Gasteiger partial charge in [0.15, 0.2) is 6.29 Å². The summed E-state index contributed by atoms with van der Waals surface area (Å²) in [5, 5.41) is 18.2. The summed E-state index contributed by atoms with van der Waals surface area (Å²) in [6.07, 6.45) is 2.65. The number of carbonyl (C=O) groups is 1. The zero-order valence-corrected chi connectivity index (χ0v) is 8.37. The van der Waals surface area contributed by atoms with E-state index in [0.29, 0.717) is 12.9 Å². The molecule has 0 amide bonds. The van der Waals surface area contributed by atoms with E-state index in [9.17, 15) is 9.90 Å². The minimum absolute atomic E-state index is 0.0870. The smallest absolute Gasteiger partial charge is 0.157 e. The van der Waals surface area contributed by atoms with E-state index in [2.05, 4.69) is 0 Å². The molecule has 1 radical (unpaired) electrons. The molecule has 2 atom stereocenters. The van der Waals surface area contributed by atoms with Gasteiger partial charge in [0.05, 0.1) is 6.61 Å². The van der Waals surface area contributed by atoms with Crippen LogP contribution >= 0.6 is 0 Å². The highest BCUT2D eigenvalue weighted by Crippen LogP contribution is 2.09. The lowest BCUT2D eigenvalue weighted by Gasteiger charge is -2.15. The Morgan fingerprint density at radius 3 is 3.00 bits per heavy atom. The lowest BCUT2D eigenvalue weighted by atomic mass is 9.69. The Kier molecular flexibility index (Phi) is 5.32. The van der Waals surface area contributed by atoms with Gasteiger partial charge in [0, 0.05) is 6.42 Å². The second-order valence-corrected chi connectivity index (χ2v) is 3.35. The molecular weight excluding hydrogens is 195 g/mol. The molecule has 0 fully saturated rings. The van der Waals surface area contributed by atoms with Crippen molar-refractivity contribution in [3.63, 3.8) is 0 Å². The standard InChI is InChI=1S/C10H14BO4/c12-6-9(13)4-10(14)15-7-8-2-1-3-11-5-8/h1-3,6,9-10,13-14H,4-5,7H2. The van der Waals surface area contributed by atoms with Crippen molar-refractivity contribution in [2.75, 3.05) is 6.61 Å². The summed E-state index contributed by atoms with van der Waals surface area (Å²) in [5.74, 6) is 1.94. The summed E-state index contributed by atoms with van der Waals surface area (Å²) in [6, 6.07) is 0. The molecular formula is C10H14BO4. The molecule has 0 aliphatic carbocycles. The first-order valence-corrected chi connectivity index (χ1v) is 4.83. The van der Waals surface area contributed by atoms with Crippen LogP contribution in [0.25, 0.3) is 0 Å². The van der Waals surface area contributed by atoms with Crippen LogP contribution in [0.2, 0.25) is 6.32 Å². The molecule has 2 unspecified atom stereocenters. The molecule has 0 aromatic heterocycles. The van der Waals surface area contributed by atoms with E-state index in [4.69, 9.17) is 9.84 Å². The van der Waals surface area contributed by atoms with Gasteiger partial charge in [-0.1, -0.05) is 24.0 Å². The quantitative estimate of drug-likeness (QED) is 0.362. The third-order valence-corrected chi connectivity index (χ3v) is 2.02. The molecule has 0 aromatic rings. The third-order valence-electron chi connectivity index (χ3n) is 2.02. The number of rotatable bonds is 6. The van der Waals surface area contributed by atoms with E-state index in [-0.39, 0.29) is 6.42 Å². The molecule has 0 spiro atoms. The zero-order valence-electron chi connectivity index (χ0n) is 8.37. The molecule has 0 aromatic carbocycles. The van der Waals surface area contributed by atoms with Gasteiger partial charge in [0.1, 0.15) is 19.7 Å². The highest BCUT2D eigenvalue weighted by atomic mass is 16.6. The van der Waals surface area contributed by atoms with Gasteiger partial charge in [-0.05, 0) is 0 Å². The Morgan fingerprint density at radius 1 is 1.60 bits per heavy atom. The van der Waals surface area contributed by atoms with Gasteiger partial charge in [-0.15, -0.1) is 5.98 Å². The Hall–Kier alpha value is -0.905. The molecule has 5 heteroatoms. The molecule has 0 saturated carbocycles. The van der Waals surface area contributed by atoms with E-state index in [1.165, 1.54) is 0 Å². The summed E-state index contributed by atoms with van der Waals surface area (Å²) >= 11 is 0. The molecule has 0 bridgehead atoms. The highest BCUT2D eigenvalue weighted by molar-refractivity contribution is 6.43. The number of hydrogen-bond acceptors (Lipinski definition) is 4. The lowest BCUT2D eigenvalue weighted by Crippen LogP contribution is -2.22. The highest BCUT2D eigenvalue weighted by Gasteiger charge is 2.12. The molecule has 2 N–H and O–H groups in total. The van der Waals surface area contributed by atoms with Crippen molar-refractivity contribution in [2.45, 2.75) is 25.1 Å². The number of allylic oxidation sites excluding steroid dienone is 2. The predicted molar refractivity (Wildman–Crippen MR) is 56.4 cm³/mol. The third kappa shape index (κ3) is 4.92. The Morgan fingerprint density at radius 2 is 2.40 bits per heavy atom. The van der Waals surface area contributed by atoms with Gasteiger partial charge < -0.3 is 19.7 Å². The van der Waals surface area contributed by atoms with E-state index in [1.54, 1.807) is 0 Å². The van der Waals surface area contributed by atoms with Crippen molar-refractivity contribution in [3.8, 4) is 0 Å². The zero-order chi connectivity index (χ0) is 11.1. The fourth-order valence-electron chi connectivity index (χ4n) is 1.20. The summed E-state index contributed by atoms with van der Waals surface area (Å²) in [7, 11) is 1.99. The lowest BCUT2D eigenvalue weighted by molar-refractivity contribution is -0.130. The fraction of sp³-hybridized carbons (Fsp3) is 0.500. The normalized spacial score (nSPS) is 18.9. The van der Waals surface area contributed by atoms with Gasteiger partial charge in [-0.25, -0.2) is 0 Å². The van der Waals surface area contributed by atoms with Gasteiger partial charge in [-0.3, -0.25) is 0 Å². The first-order valence-electron chi connectivity index (χ1n) is 4.83. The molecule has 4 nitrogen and oxygen atoms in total. The predicted octanol–water partition coefficient (Wildman–Crippen LogP) is -0.152. The number of aliphatic hydroxyl groups excluding tert-OH is 2. The molecule has 0 saturated heterocycles. The van der Waals surface area contributed by atoms with Crippen LogP contribution in [0.1, 0.15) is 6.42 Å². The summed E-state index contributed by atoms with van der Waals surface area (Å²) < 4.78 is 5.07. The van der Waals surface area contributed by atoms with E-state index in [1.807, 2.05) is 25.4 Å². The maximum atomic E-state index is 10.1. The average Bonchev–Trinajstić information content (AvgIpc) is 2.27. The monoisotopic (exact) mass is 209 g/mol. The number of hydrogen-bond donors (Lipinski definition) is 2. The number of aliphatic hydroxyl groups is 2. The minimum Gasteiger partial charge on any atom is -0.385 e. The van der Waals surface area contributed by atoms with Gasteiger partial charge in [-0.2, -0.15) is 0 Å². The van der Waals surface area contributed by atoms with Gasteiger partial charge >= 0.3 is 0 Å². The largest absolute Gasteiger partial charge is 0.385 e. The number of ether oxygens (including phenoxy) is 1. The molecule has 15 heavy (non-hydrogen) atoms. The first-order chi connectivity index (χ1) is 7.22. The van der Waals surface area contributed by atoms with E-state index >= 15 is 0 Å². The molecule has 1 rings (SSSR count). The van der Waals surface area contributed by atoms with Crippen molar-refractivity contribution in [1.29, 1.82) is 0 Å². The molecule has 1 heterocycles. The van der Waals surface area contributed by atoms with Crippen LogP contribution < -0.4 is 0 Å². The summed E-state index contributed by atoms with van der Waals surface area (Å²) in [6.45, 7) is 0.313. The second kappa shape index (κ2) is 6.56. The number of carbonyl (C=O) groups excluding carboxylic acids is 1. The van der Waals surface area contributed by atoms with Crippen LogP contribution in [0.3, 0.4) is 0 Å². The van der Waals surface area contributed by atoms with Crippen molar-refractivity contribution < 1.29 is 19.7 Å². The van der Waals surface area contributed by atoms with Gasteiger partial charge in [0.2, 0.25) is 0 Å². The van der Waals surface area contributed by atoms with E-state index in [0.717, 1.165) is 11.9 Å². The van der Waals surface area contributed by atoms with Crippen LogP contribution in [0.5, 0.6) is 0 Å². The average molecular weight is 209 g/mol. The minimum atomic E-state index is -1.16. The van der Waals surface area contributed by atoms with Crippen molar-refractivity contribution in [1.82, 2.24) is 0 Å². The molecule has 1 aliphatic heterocycles. The fourth-order valence-corrected chi connectivity index (χ4v) is 1.20. The van der Waals surface area contributed by atoms with E-state index < -0.39 is 12.4 Å². The van der Waals surface area contributed by atoms with Crippen molar-refractivity contribution in [2.24, 2.45) is 0 Å². The molecule has 81 valence electrons. The second-order valence-electron chi connectivity index (χ2n) is 3.35. The topological polar surface area (TPSA) is 66.8 Å². The maximum Gasteiger partial charge on any atom is 0.157 e. The summed E-state index contributed by atoms with van der Waals surface area (Å²) in [5.41, 5.74) is 1.05. The molecule has 1 aliphatic rings. The van der Waals surface area contributed by atoms with Crippen LogP contribution in [0.4, 0.5) is 0 Å². The van der Waals surface area contributed by atoms with Crippen LogP contribution in [0.15, 0.2) is 23.7 Å². The Bertz CT molecular complexity index is 262. The van der Waals surface area contributed by atoms with Crippen molar-refractivity contribution in [3.05, 3.63) is 23.7 Å². The SMILES string of the molecule is O=CC(O)CC(O)OCC1=CC=C[B]C1. The van der Waals surface area contributed by atoms with Gasteiger partial charge in [0.25, 0.3) is 0 Å². The van der Waals surface area contributed by atoms with Crippen LogP contribution in [-0.2, 0) is 9.53 Å². The first kappa shape index (κ1) is 12.2. The van der Waals surface area contributed by atoms with Crippen molar-refractivity contribution >= 4 is 13.6 Å². The van der Waals surface area contributed by atoms with Crippen LogP contribution in [0, 0.1) is 0 Å². The number of aldehydes is 1. The Labute approximate surface area is 89.5 Å². The Balaban J connectivity index is 2.21. The summed E-state index contributed by atoms with van der Waals surface area (Å²) in [4.78, 5) is 10.1. The van der Waals surface area contributed by atoms with Crippen LogP contribution in [-0.4, -0.2) is 42.8 Å².